The summed E-state index contributed by atoms with van der Waals surface area (Å²) in [6.07, 6.45) is 1.05. The number of amides is 1. The van der Waals surface area contributed by atoms with Crippen LogP contribution in [0, 0.1) is 0 Å². The molecule has 4 N–H and O–H groups in total. The van der Waals surface area contributed by atoms with Gasteiger partial charge in [-0.15, -0.1) is 10.2 Å². The summed E-state index contributed by atoms with van der Waals surface area (Å²) in [6, 6.07) is 11.8. The number of nitrogens with one attached hydrogen (secondary N) is 2. The quantitative estimate of drug-likeness (QED) is 0.401. The minimum Gasteiger partial charge on any atom is -0.411 e. The SMILES string of the molecule is CS(=O)(=O)Nc1ccc(-c2nnc(SCC(=O)Nc3ccc(S(N)(=O)=O)cc3)o2)cc1. The van der Waals surface area contributed by atoms with Crippen molar-refractivity contribution < 1.29 is 26.0 Å². The van der Waals surface area contributed by atoms with Crippen LogP contribution in [0.15, 0.2) is 63.1 Å². The van der Waals surface area contributed by atoms with Crippen molar-refractivity contribution in [1.29, 1.82) is 0 Å². The maximum absolute atomic E-state index is 12.1. The van der Waals surface area contributed by atoms with Crippen molar-refractivity contribution >= 4 is 49.1 Å². The van der Waals surface area contributed by atoms with Crippen LogP contribution in [0.1, 0.15) is 0 Å². The van der Waals surface area contributed by atoms with E-state index in [0.29, 0.717) is 16.9 Å². The predicted molar refractivity (Wildman–Crippen MR) is 115 cm³/mol. The van der Waals surface area contributed by atoms with Crippen LogP contribution in [0.2, 0.25) is 0 Å². The van der Waals surface area contributed by atoms with Crippen molar-refractivity contribution in [3.05, 3.63) is 48.5 Å². The molecule has 1 amide bonds. The van der Waals surface area contributed by atoms with Crippen LogP contribution < -0.4 is 15.2 Å². The van der Waals surface area contributed by atoms with E-state index in [0.717, 1.165) is 18.0 Å². The molecule has 164 valence electrons. The standard InChI is InChI=1S/C17H17N5O6S3/c1-30(24,25)22-13-4-2-11(3-5-13)16-20-21-17(28-16)29-10-15(23)19-12-6-8-14(9-7-12)31(18,26)27/h2-9,22H,10H2,1H3,(H,19,23)(H2,18,26,27). The topological polar surface area (TPSA) is 174 Å². The van der Waals surface area contributed by atoms with Gasteiger partial charge in [-0.3, -0.25) is 9.52 Å². The second-order valence-electron chi connectivity index (χ2n) is 6.23. The molecule has 3 aromatic rings. The van der Waals surface area contributed by atoms with Crippen molar-refractivity contribution in [3.63, 3.8) is 0 Å². The molecule has 0 saturated heterocycles. The Kier molecular flexibility index (Phi) is 6.64. The van der Waals surface area contributed by atoms with Crippen LogP contribution in [-0.2, 0) is 24.8 Å². The van der Waals surface area contributed by atoms with E-state index in [9.17, 15) is 21.6 Å². The maximum Gasteiger partial charge on any atom is 0.277 e. The number of carbonyl (C=O) groups excluding carboxylic acids is 1. The molecule has 0 unspecified atom stereocenters. The zero-order valence-corrected chi connectivity index (χ0v) is 18.4. The van der Waals surface area contributed by atoms with E-state index in [1.807, 2.05) is 0 Å². The Hall–Kier alpha value is -2.94. The van der Waals surface area contributed by atoms with E-state index in [2.05, 4.69) is 20.2 Å². The molecule has 0 saturated carbocycles. The van der Waals surface area contributed by atoms with Crippen LogP contribution in [0.25, 0.3) is 11.5 Å². The number of primary sulfonamides is 1. The normalized spacial score (nSPS) is 11.8. The van der Waals surface area contributed by atoms with E-state index in [4.69, 9.17) is 9.56 Å². The largest absolute Gasteiger partial charge is 0.411 e. The molecule has 0 aliphatic carbocycles. The number of nitrogens with zero attached hydrogens (tertiary/aromatic N) is 2. The Bertz CT molecular complexity index is 1290. The fourth-order valence-electron chi connectivity index (χ4n) is 2.33. The van der Waals surface area contributed by atoms with Gasteiger partial charge in [0.1, 0.15) is 0 Å². The van der Waals surface area contributed by atoms with Gasteiger partial charge in [0.2, 0.25) is 31.8 Å². The molecule has 0 radical (unpaired) electrons. The number of rotatable bonds is 8. The van der Waals surface area contributed by atoms with Crippen LogP contribution in [0.3, 0.4) is 0 Å². The first-order valence-corrected chi connectivity index (χ1v) is 12.9. The predicted octanol–water partition coefficient (Wildman–Crippen LogP) is 1.49. The molecule has 14 heteroatoms. The molecule has 1 aromatic heterocycles. The van der Waals surface area contributed by atoms with Gasteiger partial charge in [-0.1, -0.05) is 11.8 Å². The summed E-state index contributed by atoms with van der Waals surface area (Å²) in [5.74, 6) is -0.160. The van der Waals surface area contributed by atoms with Gasteiger partial charge in [0, 0.05) is 16.9 Å². The minimum absolute atomic E-state index is 0.0181. The Morgan fingerprint density at radius 1 is 1.00 bits per heavy atom. The summed E-state index contributed by atoms with van der Waals surface area (Å²) in [5.41, 5.74) is 1.39. The number of hydrogen-bond acceptors (Lipinski definition) is 9. The van der Waals surface area contributed by atoms with Gasteiger partial charge in [-0.05, 0) is 48.5 Å². The third-order valence-electron chi connectivity index (χ3n) is 3.63. The lowest BCUT2D eigenvalue weighted by Crippen LogP contribution is -2.15. The third-order valence-corrected chi connectivity index (χ3v) is 5.99. The van der Waals surface area contributed by atoms with Crippen LogP contribution in [0.4, 0.5) is 11.4 Å². The number of anilines is 2. The summed E-state index contributed by atoms with van der Waals surface area (Å²) in [7, 11) is -7.17. The van der Waals surface area contributed by atoms with Crippen molar-refractivity contribution in [2.24, 2.45) is 5.14 Å². The molecule has 0 atom stereocenters. The van der Waals surface area contributed by atoms with Crippen LogP contribution in [0.5, 0.6) is 0 Å². The Labute approximate surface area is 182 Å². The smallest absolute Gasteiger partial charge is 0.277 e. The summed E-state index contributed by atoms with van der Waals surface area (Å²) < 4.78 is 52.8. The van der Waals surface area contributed by atoms with Crippen molar-refractivity contribution in [3.8, 4) is 11.5 Å². The number of benzene rings is 2. The molecule has 1 heterocycles. The Morgan fingerprint density at radius 3 is 2.19 bits per heavy atom. The summed E-state index contributed by atoms with van der Waals surface area (Å²) in [4.78, 5) is 12.0. The van der Waals surface area contributed by atoms with Crippen molar-refractivity contribution in [2.75, 3.05) is 22.0 Å². The lowest BCUT2D eigenvalue weighted by atomic mass is 10.2. The number of sulfonamides is 2. The molecular formula is C17H17N5O6S3. The number of nitrogens with two attached hydrogens (primary N) is 1. The molecular weight excluding hydrogens is 466 g/mol. The van der Waals surface area contributed by atoms with Crippen molar-refractivity contribution in [1.82, 2.24) is 10.2 Å². The fraction of sp³-hybridized carbons (Fsp3) is 0.118. The highest BCUT2D eigenvalue weighted by Gasteiger charge is 2.13. The molecule has 0 spiro atoms. The molecule has 2 aromatic carbocycles. The van der Waals surface area contributed by atoms with Gasteiger partial charge < -0.3 is 9.73 Å². The molecule has 11 nitrogen and oxygen atoms in total. The highest BCUT2D eigenvalue weighted by molar-refractivity contribution is 7.99. The van der Waals surface area contributed by atoms with Gasteiger partial charge in [-0.2, -0.15) is 0 Å². The fourth-order valence-corrected chi connectivity index (χ4v) is 3.97. The number of aromatic nitrogens is 2. The first-order chi connectivity index (χ1) is 14.5. The second kappa shape index (κ2) is 9.05. The van der Waals surface area contributed by atoms with E-state index < -0.39 is 20.0 Å². The average Bonchev–Trinajstić information content (AvgIpc) is 3.14. The minimum atomic E-state index is -3.80. The highest BCUT2D eigenvalue weighted by atomic mass is 32.2. The van der Waals surface area contributed by atoms with Gasteiger partial charge in [0.15, 0.2) is 0 Å². The lowest BCUT2D eigenvalue weighted by Gasteiger charge is -2.05. The molecule has 0 aliphatic heterocycles. The van der Waals surface area contributed by atoms with Crippen molar-refractivity contribution in [2.45, 2.75) is 10.1 Å². The first kappa shape index (κ1) is 22.7. The van der Waals surface area contributed by atoms with Crippen LogP contribution >= 0.6 is 11.8 Å². The average molecular weight is 484 g/mol. The monoisotopic (exact) mass is 483 g/mol. The number of hydrogen-bond donors (Lipinski definition) is 3. The van der Waals surface area contributed by atoms with Gasteiger partial charge in [-0.25, -0.2) is 22.0 Å². The van der Waals surface area contributed by atoms with Gasteiger partial charge >= 0.3 is 0 Å². The second-order valence-corrected chi connectivity index (χ2v) is 10.5. The van der Waals surface area contributed by atoms with E-state index >= 15 is 0 Å². The van der Waals surface area contributed by atoms with E-state index in [1.54, 1.807) is 24.3 Å². The molecule has 0 bridgehead atoms. The Balaban J connectivity index is 1.55. The Morgan fingerprint density at radius 2 is 1.61 bits per heavy atom. The molecule has 3 rings (SSSR count). The number of thioether (sulfide) groups is 1. The summed E-state index contributed by atoms with van der Waals surface area (Å²) >= 11 is 1.02. The van der Waals surface area contributed by atoms with E-state index in [1.165, 1.54) is 24.3 Å². The van der Waals surface area contributed by atoms with E-state index in [-0.39, 0.29) is 27.7 Å². The maximum atomic E-state index is 12.1. The lowest BCUT2D eigenvalue weighted by molar-refractivity contribution is -0.113. The summed E-state index contributed by atoms with van der Waals surface area (Å²) in [5, 5.41) is 15.6. The number of carbonyl (C=O) groups is 1. The zero-order valence-electron chi connectivity index (χ0n) is 16.0. The van der Waals surface area contributed by atoms with Crippen LogP contribution in [-0.4, -0.2) is 44.9 Å². The zero-order chi connectivity index (χ0) is 22.6. The molecule has 31 heavy (non-hydrogen) atoms. The van der Waals surface area contributed by atoms with Gasteiger partial charge in [0.05, 0.1) is 16.9 Å². The molecule has 0 fully saturated rings. The molecule has 0 aliphatic rings. The van der Waals surface area contributed by atoms with Gasteiger partial charge in [0.25, 0.3) is 5.22 Å². The first-order valence-electron chi connectivity index (χ1n) is 8.47. The third kappa shape index (κ3) is 6.78. The summed E-state index contributed by atoms with van der Waals surface area (Å²) in [6.45, 7) is 0. The highest BCUT2D eigenvalue weighted by Crippen LogP contribution is 2.24.